The second-order valence-corrected chi connectivity index (χ2v) is 4.49. The lowest BCUT2D eigenvalue weighted by molar-refractivity contribution is 0.0866. The summed E-state index contributed by atoms with van der Waals surface area (Å²) >= 11 is 0. The predicted octanol–water partition coefficient (Wildman–Crippen LogP) is 2.25. The highest BCUT2D eigenvalue weighted by atomic mass is 16.5. The topological polar surface area (TPSA) is 48.1 Å². The molecule has 0 radical (unpaired) electrons. The lowest BCUT2D eigenvalue weighted by atomic mass is 10.1. The van der Waals surface area contributed by atoms with Gasteiger partial charge in [0.1, 0.15) is 0 Å². The van der Waals surface area contributed by atoms with Crippen LogP contribution in [0, 0.1) is 5.92 Å². The van der Waals surface area contributed by atoms with Crippen molar-refractivity contribution in [1.82, 2.24) is 4.98 Å². The average Bonchev–Trinajstić information content (AvgIpc) is 2.82. The Morgan fingerprint density at radius 3 is 2.75 bits per heavy atom. The quantitative estimate of drug-likeness (QED) is 0.828. The Morgan fingerprint density at radius 1 is 1.25 bits per heavy atom. The van der Waals surface area contributed by atoms with Gasteiger partial charge in [-0.2, -0.15) is 0 Å². The molecule has 0 spiro atoms. The molecule has 1 fully saturated rings. The molecule has 16 heavy (non-hydrogen) atoms. The van der Waals surface area contributed by atoms with Crippen molar-refractivity contribution in [3.63, 3.8) is 0 Å². The van der Waals surface area contributed by atoms with E-state index in [2.05, 4.69) is 4.98 Å². The van der Waals surface area contributed by atoms with Gasteiger partial charge < -0.3 is 10.5 Å². The molecule has 1 aromatic heterocycles. The molecule has 88 valence electrons. The molecule has 0 aliphatic heterocycles. The molecule has 1 aliphatic carbocycles. The van der Waals surface area contributed by atoms with Gasteiger partial charge in [-0.1, -0.05) is 18.9 Å². The van der Waals surface area contributed by atoms with Crippen molar-refractivity contribution in [2.24, 2.45) is 11.7 Å². The van der Waals surface area contributed by atoms with E-state index in [0.29, 0.717) is 13.2 Å². The first kappa shape index (κ1) is 11.6. The van der Waals surface area contributed by atoms with E-state index in [1.54, 1.807) is 0 Å². The minimum absolute atomic E-state index is 0.496. The molecule has 1 saturated carbocycles. The van der Waals surface area contributed by atoms with Crippen molar-refractivity contribution in [1.29, 1.82) is 0 Å². The molecule has 2 rings (SSSR count). The van der Waals surface area contributed by atoms with Crippen LogP contribution in [0.15, 0.2) is 18.2 Å². The molecule has 2 N–H and O–H groups in total. The third-order valence-corrected chi connectivity index (χ3v) is 3.15. The van der Waals surface area contributed by atoms with Crippen LogP contribution in [0.5, 0.6) is 0 Å². The summed E-state index contributed by atoms with van der Waals surface area (Å²) in [5, 5.41) is 0. The van der Waals surface area contributed by atoms with E-state index in [4.69, 9.17) is 10.5 Å². The summed E-state index contributed by atoms with van der Waals surface area (Å²) < 4.78 is 5.70. The first-order valence-electron chi connectivity index (χ1n) is 6.11. The van der Waals surface area contributed by atoms with Crippen LogP contribution in [0.25, 0.3) is 0 Å². The monoisotopic (exact) mass is 220 g/mol. The van der Waals surface area contributed by atoms with Crippen LogP contribution in [0.4, 0.5) is 0 Å². The average molecular weight is 220 g/mol. The second kappa shape index (κ2) is 5.97. The molecule has 3 nitrogen and oxygen atoms in total. The minimum Gasteiger partial charge on any atom is -0.375 e. The summed E-state index contributed by atoms with van der Waals surface area (Å²) in [6.07, 6.45) is 5.40. The van der Waals surface area contributed by atoms with E-state index < -0.39 is 0 Å². The first-order valence-corrected chi connectivity index (χ1v) is 6.11. The molecule has 0 atom stereocenters. The number of hydrogen-bond donors (Lipinski definition) is 1. The summed E-state index contributed by atoms with van der Waals surface area (Å²) in [7, 11) is 0. The molecule has 0 aromatic carbocycles. The number of hydrogen-bond acceptors (Lipinski definition) is 3. The van der Waals surface area contributed by atoms with Crippen LogP contribution in [-0.2, 0) is 17.9 Å². The number of aromatic nitrogens is 1. The van der Waals surface area contributed by atoms with Crippen LogP contribution in [0.2, 0.25) is 0 Å². The molecule has 1 heterocycles. The standard InChI is InChI=1S/C13H20N2O/c14-8-12-6-3-7-13(15-12)10-16-9-11-4-1-2-5-11/h3,6-7,11H,1-2,4-5,8-10,14H2. The Morgan fingerprint density at radius 2 is 2.00 bits per heavy atom. The maximum atomic E-state index is 5.70. The van der Waals surface area contributed by atoms with E-state index in [1.807, 2.05) is 18.2 Å². The fourth-order valence-corrected chi connectivity index (χ4v) is 2.23. The molecule has 1 aromatic rings. The van der Waals surface area contributed by atoms with Crippen LogP contribution in [0.3, 0.4) is 0 Å². The number of pyridine rings is 1. The summed E-state index contributed by atoms with van der Waals surface area (Å²) in [6, 6.07) is 5.93. The highest BCUT2D eigenvalue weighted by Gasteiger charge is 2.14. The van der Waals surface area contributed by atoms with Crippen molar-refractivity contribution in [3.8, 4) is 0 Å². The number of rotatable bonds is 5. The SMILES string of the molecule is NCc1cccc(COCC2CCCC2)n1. The van der Waals surface area contributed by atoms with E-state index >= 15 is 0 Å². The Bertz CT molecular complexity index is 321. The highest BCUT2D eigenvalue weighted by Crippen LogP contribution is 2.24. The van der Waals surface area contributed by atoms with Gasteiger partial charge in [0.05, 0.1) is 18.0 Å². The molecule has 3 heteroatoms. The number of nitrogens with two attached hydrogens (primary N) is 1. The molecular formula is C13H20N2O. The zero-order valence-corrected chi connectivity index (χ0v) is 9.69. The largest absolute Gasteiger partial charge is 0.375 e. The zero-order chi connectivity index (χ0) is 11.2. The molecular weight excluding hydrogens is 200 g/mol. The third-order valence-electron chi connectivity index (χ3n) is 3.15. The van der Waals surface area contributed by atoms with Gasteiger partial charge in [0.15, 0.2) is 0 Å². The van der Waals surface area contributed by atoms with Crippen LogP contribution in [0.1, 0.15) is 37.1 Å². The molecule has 0 unspecified atom stereocenters. The molecule has 0 saturated heterocycles. The number of nitrogens with zero attached hydrogens (tertiary/aromatic N) is 1. The zero-order valence-electron chi connectivity index (χ0n) is 9.69. The maximum Gasteiger partial charge on any atom is 0.0888 e. The van der Waals surface area contributed by atoms with Crippen molar-refractivity contribution >= 4 is 0 Å². The predicted molar refractivity (Wildman–Crippen MR) is 63.7 cm³/mol. The Balaban J connectivity index is 1.75. The normalized spacial score (nSPS) is 16.8. The first-order chi connectivity index (χ1) is 7.88. The lowest BCUT2D eigenvalue weighted by Crippen LogP contribution is -2.07. The van der Waals surface area contributed by atoms with E-state index in [-0.39, 0.29) is 0 Å². The lowest BCUT2D eigenvalue weighted by Gasteiger charge is -2.09. The van der Waals surface area contributed by atoms with Gasteiger partial charge in [0.25, 0.3) is 0 Å². The van der Waals surface area contributed by atoms with E-state index in [0.717, 1.165) is 23.9 Å². The van der Waals surface area contributed by atoms with E-state index in [9.17, 15) is 0 Å². The Labute approximate surface area is 97.0 Å². The van der Waals surface area contributed by atoms with Gasteiger partial charge in [-0.25, -0.2) is 0 Å². The van der Waals surface area contributed by atoms with Gasteiger partial charge in [-0.15, -0.1) is 0 Å². The van der Waals surface area contributed by atoms with Gasteiger partial charge in [0.2, 0.25) is 0 Å². The fourth-order valence-electron chi connectivity index (χ4n) is 2.23. The van der Waals surface area contributed by atoms with Gasteiger partial charge >= 0.3 is 0 Å². The van der Waals surface area contributed by atoms with Crippen molar-refractivity contribution in [2.45, 2.75) is 38.8 Å². The maximum absolute atomic E-state index is 5.70. The minimum atomic E-state index is 0.496. The molecule has 0 bridgehead atoms. The summed E-state index contributed by atoms with van der Waals surface area (Å²) in [5.41, 5.74) is 7.46. The van der Waals surface area contributed by atoms with Gasteiger partial charge in [-0.05, 0) is 30.9 Å². The Kier molecular flexibility index (Phi) is 4.31. The van der Waals surface area contributed by atoms with Crippen molar-refractivity contribution in [2.75, 3.05) is 6.61 Å². The van der Waals surface area contributed by atoms with Crippen LogP contribution >= 0.6 is 0 Å². The summed E-state index contributed by atoms with van der Waals surface area (Å²) in [6.45, 7) is 2.00. The summed E-state index contributed by atoms with van der Waals surface area (Å²) in [5.74, 6) is 0.776. The van der Waals surface area contributed by atoms with Crippen LogP contribution < -0.4 is 5.73 Å². The smallest absolute Gasteiger partial charge is 0.0888 e. The third kappa shape index (κ3) is 3.29. The summed E-state index contributed by atoms with van der Waals surface area (Å²) in [4.78, 5) is 4.41. The van der Waals surface area contributed by atoms with Crippen LogP contribution in [-0.4, -0.2) is 11.6 Å². The second-order valence-electron chi connectivity index (χ2n) is 4.49. The van der Waals surface area contributed by atoms with E-state index in [1.165, 1.54) is 25.7 Å². The van der Waals surface area contributed by atoms with Crippen molar-refractivity contribution < 1.29 is 4.74 Å². The molecule has 0 amide bonds. The van der Waals surface area contributed by atoms with Gasteiger partial charge in [-0.3, -0.25) is 4.98 Å². The highest BCUT2D eigenvalue weighted by molar-refractivity contribution is 5.10. The fraction of sp³-hybridized carbons (Fsp3) is 0.615. The Hall–Kier alpha value is -0.930. The molecule has 1 aliphatic rings. The number of ether oxygens (including phenoxy) is 1. The van der Waals surface area contributed by atoms with Crippen molar-refractivity contribution in [3.05, 3.63) is 29.6 Å². The van der Waals surface area contributed by atoms with Gasteiger partial charge in [0, 0.05) is 13.2 Å².